The van der Waals surface area contributed by atoms with E-state index in [1.807, 2.05) is 0 Å². The second kappa shape index (κ2) is 1.77. The molecule has 11 heavy (non-hydrogen) atoms. The Morgan fingerprint density at radius 2 is 2.45 bits per heavy atom. The molecule has 0 aliphatic carbocycles. The number of rotatable bonds is 0. The van der Waals surface area contributed by atoms with Crippen molar-refractivity contribution in [3.8, 4) is 0 Å². The van der Waals surface area contributed by atoms with Gasteiger partial charge in [-0.05, 0) is 0 Å². The SMILES string of the molecule is NC1=COC2=NN(O)C(N)N12. The molecule has 0 saturated heterocycles. The third-order valence-corrected chi connectivity index (χ3v) is 1.46. The van der Waals surface area contributed by atoms with Crippen molar-refractivity contribution in [2.24, 2.45) is 16.6 Å². The normalized spacial score (nSPS) is 28.0. The number of ether oxygens (including phenoxy) is 1. The summed E-state index contributed by atoms with van der Waals surface area (Å²) in [5.41, 5.74) is 10.9. The van der Waals surface area contributed by atoms with Crippen LogP contribution in [0.15, 0.2) is 17.2 Å². The number of fused-ring (bicyclic) bond motifs is 1. The first-order valence-electron chi connectivity index (χ1n) is 2.94. The molecule has 0 saturated carbocycles. The molecule has 1 atom stereocenters. The molecule has 0 spiro atoms. The molecule has 0 fully saturated rings. The molecule has 7 heteroatoms. The van der Waals surface area contributed by atoms with Crippen LogP contribution in [-0.4, -0.2) is 27.6 Å². The van der Waals surface area contributed by atoms with E-state index in [-0.39, 0.29) is 6.02 Å². The van der Waals surface area contributed by atoms with Gasteiger partial charge < -0.3 is 10.5 Å². The number of hydrazone groups is 1. The monoisotopic (exact) mass is 157 g/mol. The third kappa shape index (κ3) is 0.657. The quantitative estimate of drug-likeness (QED) is 0.387. The highest BCUT2D eigenvalue weighted by molar-refractivity contribution is 5.79. The highest BCUT2D eigenvalue weighted by atomic mass is 16.6. The zero-order valence-electron chi connectivity index (χ0n) is 5.51. The number of nitrogens with zero attached hydrogens (tertiary/aromatic N) is 3. The molecule has 0 amide bonds. The van der Waals surface area contributed by atoms with Crippen molar-refractivity contribution >= 4 is 6.02 Å². The van der Waals surface area contributed by atoms with Crippen molar-refractivity contribution in [2.75, 3.05) is 0 Å². The Labute approximate surface area is 62.1 Å². The molecule has 2 rings (SSSR count). The Morgan fingerprint density at radius 1 is 1.73 bits per heavy atom. The van der Waals surface area contributed by atoms with Crippen molar-refractivity contribution in [3.05, 3.63) is 12.1 Å². The van der Waals surface area contributed by atoms with Crippen molar-refractivity contribution in [1.82, 2.24) is 10.1 Å². The molecule has 0 bridgehead atoms. The minimum absolute atomic E-state index is 0.192. The standard InChI is InChI=1S/C4H7N5O2/c5-2-1-11-4-7-9(10)3(6)8(2)4/h1,3,10H,5-6H2. The van der Waals surface area contributed by atoms with Gasteiger partial charge in [0, 0.05) is 0 Å². The van der Waals surface area contributed by atoms with Gasteiger partial charge in [-0.2, -0.15) is 0 Å². The fourth-order valence-corrected chi connectivity index (χ4v) is 0.925. The van der Waals surface area contributed by atoms with Crippen LogP contribution in [0.2, 0.25) is 0 Å². The molecule has 5 N–H and O–H groups in total. The number of nitrogens with two attached hydrogens (primary N) is 2. The minimum Gasteiger partial charge on any atom is -0.428 e. The molecule has 0 aromatic carbocycles. The fraction of sp³-hybridized carbons (Fsp3) is 0.250. The van der Waals surface area contributed by atoms with Gasteiger partial charge in [-0.3, -0.25) is 10.9 Å². The summed E-state index contributed by atoms with van der Waals surface area (Å²) in [4.78, 5) is 1.36. The van der Waals surface area contributed by atoms with E-state index in [0.717, 1.165) is 0 Å². The van der Waals surface area contributed by atoms with Crippen LogP contribution in [0.1, 0.15) is 0 Å². The summed E-state index contributed by atoms with van der Waals surface area (Å²) < 4.78 is 4.84. The molecule has 1 unspecified atom stereocenters. The summed E-state index contributed by atoms with van der Waals surface area (Å²) in [5.74, 6) is 0.327. The summed E-state index contributed by atoms with van der Waals surface area (Å²) in [6.07, 6.45) is 0.523. The topological polar surface area (TPSA) is 100 Å². The van der Waals surface area contributed by atoms with E-state index in [2.05, 4.69) is 5.10 Å². The Bertz CT molecular complexity index is 249. The second-order valence-corrected chi connectivity index (χ2v) is 2.15. The molecule has 0 aromatic heterocycles. The van der Waals surface area contributed by atoms with Gasteiger partial charge in [0.1, 0.15) is 12.1 Å². The van der Waals surface area contributed by atoms with Crippen LogP contribution < -0.4 is 11.5 Å². The van der Waals surface area contributed by atoms with Crippen LogP contribution in [0.25, 0.3) is 0 Å². The molecular formula is C4H7N5O2. The van der Waals surface area contributed by atoms with Crippen molar-refractivity contribution in [1.29, 1.82) is 0 Å². The molecule has 2 aliphatic rings. The van der Waals surface area contributed by atoms with Gasteiger partial charge in [0.2, 0.25) is 6.29 Å². The van der Waals surface area contributed by atoms with E-state index in [1.54, 1.807) is 0 Å². The van der Waals surface area contributed by atoms with Crippen LogP contribution in [-0.2, 0) is 4.74 Å². The molecular weight excluding hydrogens is 150 g/mol. The largest absolute Gasteiger partial charge is 0.428 e. The van der Waals surface area contributed by atoms with Gasteiger partial charge in [-0.1, -0.05) is 5.10 Å². The molecule has 7 nitrogen and oxygen atoms in total. The smallest absolute Gasteiger partial charge is 0.325 e. The fourth-order valence-electron chi connectivity index (χ4n) is 0.925. The van der Waals surface area contributed by atoms with Gasteiger partial charge in [0.15, 0.2) is 0 Å². The van der Waals surface area contributed by atoms with Crippen LogP contribution in [0.4, 0.5) is 0 Å². The maximum absolute atomic E-state index is 8.94. The Morgan fingerprint density at radius 3 is 3.09 bits per heavy atom. The van der Waals surface area contributed by atoms with Crippen molar-refractivity contribution in [2.45, 2.75) is 6.29 Å². The predicted octanol–water partition coefficient (Wildman–Crippen LogP) is -1.71. The number of hydroxylamine groups is 1. The number of hydrogen-bond donors (Lipinski definition) is 3. The first-order valence-corrected chi connectivity index (χ1v) is 2.94. The summed E-state index contributed by atoms with van der Waals surface area (Å²) in [5, 5.41) is 13.1. The van der Waals surface area contributed by atoms with Gasteiger partial charge in [-0.15, -0.1) is 5.17 Å². The molecule has 2 aliphatic heterocycles. The summed E-state index contributed by atoms with van der Waals surface area (Å²) in [6.45, 7) is 0. The molecule has 0 radical (unpaired) electrons. The molecule has 60 valence electrons. The van der Waals surface area contributed by atoms with Crippen LogP contribution >= 0.6 is 0 Å². The number of amidine groups is 1. The van der Waals surface area contributed by atoms with Crippen LogP contribution in [0, 0.1) is 0 Å². The van der Waals surface area contributed by atoms with Crippen molar-refractivity contribution < 1.29 is 9.94 Å². The van der Waals surface area contributed by atoms with Gasteiger partial charge in [0.25, 0.3) is 0 Å². The van der Waals surface area contributed by atoms with E-state index in [9.17, 15) is 0 Å². The zero-order chi connectivity index (χ0) is 8.01. The average Bonchev–Trinajstić information content (AvgIpc) is 2.41. The third-order valence-electron chi connectivity index (χ3n) is 1.46. The van der Waals surface area contributed by atoms with E-state index < -0.39 is 6.29 Å². The lowest BCUT2D eigenvalue weighted by Gasteiger charge is -2.19. The predicted molar refractivity (Wildman–Crippen MR) is 34.2 cm³/mol. The lowest BCUT2D eigenvalue weighted by Crippen LogP contribution is -2.47. The summed E-state index contributed by atoms with van der Waals surface area (Å²) in [6, 6.07) is 0.192. The zero-order valence-corrected chi connectivity index (χ0v) is 5.51. The Balaban J connectivity index is 2.30. The molecule has 0 aromatic rings. The molecule has 2 heterocycles. The minimum atomic E-state index is -0.788. The number of hydrogen-bond acceptors (Lipinski definition) is 7. The lowest BCUT2D eigenvalue weighted by molar-refractivity contribution is -0.135. The van der Waals surface area contributed by atoms with E-state index in [0.29, 0.717) is 11.0 Å². The first kappa shape index (κ1) is 6.25. The highest BCUT2D eigenvalue weighted by Gasteiger charge is 2.37. The maximum Gasteiger partial charge on any atom is 0.325 e. The second-order valence-electron chi connectivity index (χ2n) is 2.15. The first-order chi connectivity index (χ1) is 5.20. The van der Waals surface area contributed by atoms with Gasteiger partial charge in [-0.25, -0.2) is 4.90 Å². The van der Waals surface area contributed by atoms with E-state index >= 15 is 0 Å². The van der Waals surface area contributed by atoms with E-state index in [1.165, 1.54) is 11.2 Å². The Kier molecular flexibility index (Phi) is 1.01. The summed E-state index contributed by atoms with van der Waals surface area (Å²) >= 11 is 0. The van der Waals surface area contributed by atoms with Crippen LogP contribution in [0.3, 0.4) is 0 Å². The van der Waals surface area contributed by atoms with E-state index in [4.69, 9.17) is 21.4 Å². The highest BCUT2D eigenvalue weighted by Crippen LogP contribution is 2.19. The Hall–Kier alpha value is -1.47. The van der Waals surface area contributed by atoms with Gasteiger partial charge >= 0.3 is 6.02 Å². The lowest BCUT2D eigenvalue weighted by atomic mass is 10.6. The summed E-state index contributed by atoms with van der Waals surface area (Å²) in [7, 11) is 0. The maximum atomic E-state index is 8.94. The van der Waals surface area contributed by atoms with Crippen molar-refractivity contribution in [3.63, 3.8) is 0 Å². The van der Waals surface area contributed by atoms with Gasteiger partial charge in [0.05, 0.1) is 0 Å². The van der Waals surface area contributed by atoms with Crippen LogP contribution in [0.5, 0.6) is 0 Å². The average molecular weight is 157 g/mol.